The molecule has 3 saturated carbocycles. The van der Waals surface area contributed by atoms with Gasteiger partial charge in [0.05, 0.1) is 25.4 Å². The topological polar surface area (TPSA) is 52.9 Å². The fourth-order valence-corrected chi connectivity index (χ4v) is 7.09. The first-order valence-electron chi connectivity index (χ1n) is 12.6. The second-order valence-electron chi connectivity index (χ2n) is 10.9. The van der Waals surface area contributed by atoms with Crippen LogP contribution < -0.4 is 0 Å². The first kappa shape index (κ1) is 23.2. The molecule has 0 aromatic rings. The predicted octanol–water partition coefficient (Wildman–Crippen LogP) is 4.49. The van der Waals surface area contributed by atoms with Crippen LogP contribution in [0.15, 0.2) is 35.5 Å². The first-order valence-corrected chi connectivity index (χ1v) is 12.6. The number of aliphatic hydroxyl groups is 2. The molecule has 2 N–H and O–H groups in total. The molecule has 4 heteroatoms. The number of hydrogen-bond acceptors (Lipinski definition) is 4. The lowest BCUT2D eigenvalue weighted by Crippen LogP contribution is -2.39. The Balaban J connectivity index is 1.42. The first-order chi connectivity index (χ1) is 14.9. The molecule has 0 bridgehead atoms. The lowest BCUT2D eigenvalue weighted by atomic mass is 9.61. The Bertz CT molecular complexity index is 707. The summed E-state index contributed by atoms with van der Waals surface area (Å²) in [5, 5.41) is 20.2. The number of morpholine rings is 1. The number of nitrogens with zero attached hydrogens (tertiary/aromatic N) is 1. The summed E-state index contributed by atoms with van der Waals surface area (Å²) in [6.07, 6.45) is 12.2. The third-order valence-electron chi connectivity index (χ3n) is 8.99. The van der Waals surface area contributed by atoms with Crippen LogP contribution in [0.4, 0.5) is 0 Å². The molecule has 3 aliphatic carbocycles. The summed E-state index contributed by atoms with van der Waals surface area (Å²) in [4.78, 5) is 2.58. The maximum absolute atomic E-state index is 10.2. The number of ether oxygens (including phenoxy) is 1. The molecule has 1 aliphatic heterocycles. The van der Waals surface area contributed by atoms with Gasteiger partial charge >= 0.3 is 0 Å². The molecule has 4 fully saturated rings. The number of aliphatic hydroxyl groups excluding tert-OH is 2. The Morgan fingerprint density at radius 3 is 2.77 bits per heavy atom. The van der Waals surface area contributed by atoms with E-state index < -0.39 is 12.2 Å². The van der Waals surface area contributed by atoms with E-state index >= 15 is 0 Å². The molecule has 4 rings (SSSR count). The molecule has 6 atom stereocenters. The van der Waals surface area contributed by atoms with Gasteiger partial charge in [0, 0.05) is 19.5 Å². The second-order valence-corrected chi connectivity index (χ2v) is 10.9. The number of fused-ring (bicyclic) bond motifs is 1. The largest absolute Gasteiger partial charge is 0.393 e. The maximum Gasteiger partial charge on any atom is 0.0811 e. The van der Waals surface area contributed by atoms with Crippen molar-refractivity contribution < 1.29 is 14.9 Å². The van der Waals surface area contributed by atoms with Gasteiger partial charge in [0.1, 0.15) is 0 Å². The molecule has 4 aliphatic rings. The van der Waals surface area contributed by atoms with Crippen LogP contribution in [0.1, 0.15) is 65.2 Å². The molecular formula is C27H43NO3. The van der Waals surface area contributed by atoms with Gasteiger partial charge in [-0.25, -0.2) is 0 Å². The van der Waals surface area contributed by atoms with Crippen molar-refractivity contribution in [3.8, 4) is 0 Å². The van der Waals surface area contributed by atoms with Gasteiger partial charge in [-0.3, -0.25) is 4.90 Å². The minimum atomic E-state index is -0.604. The highest BCUT2D eigenvalue weighted by atomic mass is 16.5. The van der Waals surface area contributed by atoms with Crippen LogP contribution in [0.25, 0.3) is 0 Å². The van der Waals surface area contributed by atoms with Crippen molar-refractivity contribution in [2.24, 2.45) is 23.2 Å². The highest BCUT2D eigenvalue weighted by Crippen LogP contribution is 2.59. The van der Waals surface area contributed by atoms with Crippen LogP contribution in [0.3, 0.4) is 0 Å². The zero-order valence-electron chi connectivity index (χ0n) is 19.7. The second kappa shape index (κ2) is 9.91. The van der Waals surface area contributed by atoms with Crippen LogP contribution in [-0.2, 0) is 4.74 Å². The zero-order valence-corrected chi connectivity index (χ0v) is 19.7. The van der Waals surface area contributed by atoms with Crippen LogP contribution in [-0.4, -0.2) is 60.2 Å². The van der Waals surface area contributed by atoms with Crippen molar-refractivity contribution in [3.05, 3.63) is 35.5 Å². The SMILES string of the molecule is C=C1/C(=C\C=C2/CCC[C@]3(C)[C@@H](C(C)CCN4CCOCC4)CC[C@@H]23)C[C@@H](O)C[C@@H]1O. The summed E-state index contributed by atoms with van der Waals surface area (Å²) in [5.41, 5.74) is 3.82. The Morgan fingerprint density at radius 2 is 2.00 bits per heavy atom. The van der Waals surface area contributed by atoms with Crippen LogP contribution in [0, 0.1) is 23.2 Å². The van der Waals surface area contributed by atoms with Crippen molar-refractivity contribution in [1.82, 2.24) is 4.90 Å². The van der Waals surface area contributed by atoms with E-state index in [1.54, 1.807) is 5.57 Å². The van der Waals surface area contributed by atoms with Gasteiger partial charge in [-0.2, -0.15) is 0 Å². The van der Waals surface area contributed by atoms with Crippen LogP contribution in [0.5, 0.6) is 0 Å². The average molecular weight is 430 g/mol. The zero-order chi connectivity index (χ0) is 22.0. The number of hydrogen-bond donors (Lipinski definition) is 2. The monoisotopic (exact) mass is 429 g/mol. The van der Waals surface area contributed by atoms with E-state index in [1.165, 1.54) is 45.1 Å². The summed E-state index contributed by atoms with van der Waals surface area (Å²) < 4.78 is 5.50. The highest BCUT2D eigenvalue weighted by molar-refractivity contribution is 5.38. The van der Waals surface area contributed by atoms with E-state index in [1.807, 2.05) is 0 Å². The molecule has 1 unspecified atom stereocenters. The molecular weight excluding hydrogens is 386 g/mol. The summed E-state index contributed by atoms with van der Waals surface area (Å²) in [7, 11) is 0. The van der Waals surface area contributed by atoms with E-state index in [-0.39, 0.29) is 0 Å². The molecule has 0 spiro atoms. The van der Waals surface area contributed by atoms with Gasteiger partial charge in [-0.05, 0) is 85.8 Å². The van der Waals surface area contributed by atoms with Crippen molar-refractivity contribution in [2.75, 3.05) is 32.8 Å². The molecule has 31 heavy (non-hydrogen) atoms. The molecule has 4 nitrogen and oxygen atoms in total. The lowest BCUT2D eigenvalue weighted by molar-refractivity contribution is 0.0299. The summed E-state index contributed by atoms with van der Waals surface area (Å²) >= 11 is 0. The van der Waals surface area contributed by atoms with E-state index in [0.29, 0.717) is 24.2 Å². The summed E-state index contributed by atoms with van der Waals surface area (Å²) in [6, 6.07) is 0. The molecule has 0 aromatic carbocycles. The van der Waals surface area contributed by atoms with Gasteiger partial charge in [0.25, 0.3) is 0 Å². The molecule has 0 amide bonds. The summed E-state index contributed by atoms with van der Waals surface area (Å²) in [5.74, 6) is 2.25. The van der Waals surface area contributed by atoms with Crippen molar-refractivity contribution in [3.63, 3.8) is 0 Å². The average Bonchev–Trinajstić information content (AvgIpc) is 3.12. The lowest BCUT2D eigenvalue weighted by Gasteiger charge is -2.44. The van der Waals surface area contributed by atoms with E-state index in [2.05, 4.69) is 37.5 Å². The van der Waals surface area contributed by atoms with Crippen molar-refractivity contribution in [2.45, 2.75) is 77.4 Å². The fourth-order valence-electron chi connectivity index (χ4n) is 7.09. The quantitative estimate of drug-likeness (QED) is 0.676. The van der Waals surface area contributed by atoms with Gasteiger partial charge in [0.15, 0.2) is 0 Å². The molecule has 0 radical (unpaired) electrons. The smallest absolute Gasteiger partial charge is 0.0811 e. The Morgan fingerprint density at radius 1 is 1.23 bits per heavy atom. The van der Waals surface area contributed by atoms with Crippen LogP contribution in [0.2, 0.25) is 0 Å². The molecule has 1 heterocycles. The van der Waals surface area contributed by atoms with Gasteiger partial charge in [-0.15, -0.1) is 0 Å². The normalized spacial score (nSPS) is 41.0. The van der Waals surface area contributed by atoms with Crippen molar-refractivity contribution >= 4 is 0 Å². The van der Waals surface area contributed by atoms with E-state index in [4.69, 9.17) is 4.74 Å². The van der Waals surface area contributed by atoms with E-state index in [9.17, 15) is 10.2 Å². The van der Waals surface area contributed by atoms with Crippen LogP contribution >= 0.6 is 0 Å². The Kier molecular flexibility index (Phi) is 7.42. The maximum atomic E-state index is 10.2. The highest BCUT2D eigenvalue weighted by Gasteiger charge is 2.50. The standard InChI is InChI=1S/C27H43NO3/c1-19(10-12-28-13-15-31-16-14-28)24-8-9-25-21(5-4-11-27(24,25)3)6-7-22-17-23(29)18-26(30)20(22)2/h6-7,19,23-26,29-30H,2,4-5,8-18H2,1,3H3/b21-6+,22-7-/t19?,23-,24-,25+,26+,27-/m1/s1. The third kappa shape index (κ3) is 5.03. The molecule has 0 aromatic heterocycles. The fraction of sp³-hybridized carbons (Fsp3) is 0.778. The molecule has 1 saturated heterocycles. The van der Waals surface area contributed by atoms with Crippen molar-refractivity contribution in [1.29, 1.82) is 0 Å². The molecule has 174 valence electrons. The van der Waals surface area contributed by atoms with Gasteiger partial charge in [-0.1, -0.05) is 38.2 Å². The minimum Gasteiger partial charge on any atom is -0.393 e. The van der Waals surface area contributed by atoms with Gasteiger partial charge in [0.2, 0.25) is 0 Å². The third-order valence-corrected chi connectivity index (χ3v) is 8.99. The van der Waals surface area contributed by atoms with E-state index in [0.717, 1.165) is 49.3 Å². The van der Waals surface area contributed by atoms with Gasteiger partial charge < -0.3 is 14.9 Å². The summed E-state index contributed by atoms with van der Waals surface area (Å²) in [6.45, 7) is 14.3. The minimum absolute atomic E-state index is 0.412. The number of allylic oxidation sites excluding steroid dienone is 3. The predicted molar refractivity (Wildman–Crippen MR) is 126 cm³/mol. The Hall–Kier alpha value is -0.940. The Labute approximate surface area is 189 Å². The number of rotatable bonds is 5.